The van der Waals surface area contributed by atoms with Crippen LogP contribution in [-0.4, -0.2) is 29.9 Å². The number of allylic oxidation sites excluding steroid dienone is 1. The lowest BCUT2D eigenvalue weighted by molar-refractivity contribution is -0.140. The van der Waals surface area contributed by atoms with Gasteiger partial charge in [0.15, 0.2) is 10.5 Å². The third-order valence-electron chi connectivity index (χ3n) is 6.34. The van der Waals surface area contributed by atoms with Crippen LogP contribution < -0.4 is 19.6 Å². The molecule has 11 heteroatoms. The van der Waals surface area contributed by atoms with Crippen molar-refractivity contribution >= 4 is 45.8 Å². The third-order valence-corrected chi connectivity index (χ3v) is 7.58. The van der Waals surface area contributed by atoms with Crippen LogP contribution >= 0.6 is 22.9 Å². The zero-order chi connectivity index (χ0) is 29.3. The Morgan fingerprint density at radius 2 is 1.88 bits per heavy atom. The minimum atomic E-state index is -5.00. The fourth-order valence-corrected chi connectivity index (χ4v) is 5.74. The van der Waals surface area contributed by atoms with E-state index < -0.39 is 35.0 Å². The highest BCUT2D eigenvalue weighted by atomic mass is 35.5. The van der Waals surface area contributed by atoms with Gasteiger partial charge in [0.2, 0.25) is 0 Å². The molecule has 0 saturated heterocycles. The number of benzene rings is 3. The molecule has 0 spiro atoms. The number of ether oxygens (including phenoxy) is 2. The lowest BCUT2D eigenvalue weighted by Crippen LogP contribution is -2.41. The van der Waals surface area contributed by atoms with Crippen LogP contribution in [0.4, 0.5) is 13.2 Å². The van der Waals surface area contributed by atoms with Crippen molar-refractivity contribution in [3.05, 3.63) is 120 Å². The Kier molecular flexibility index (Phi) is 7.88. The molecule has 5 rings (SSSR count). The quantitative estimate of drug-likeness (QED) is 0.202. The van der Waals surface area contributed by atoms with Crippen molar-refractivity contribution in [3.63, 3.8) is 0 Å². The second-order valence-electron chi connectivity index (χ2n) is 8.91. The minimum absolute atomic E-state index is 0.106. The number of thiazole rings is 1. The van der Waals surface area contributed by atoms with Gasteiger partial charge in [0.25, 0.3) is 5.56 Å². The van der Waals surface area contributed by atoms with Gasteiger partial charge >= 0.3 is 12.1 Å². The van der Waals surface area contributed by atoms with Crippen molar-refractivity contribution < 1.29 is 27.4 Å². The highest BCUT2D eigenvalue weighted by Crippen LogP contribution is 2.38. The molecular formula is C30H22ClF3N2O4S. The number of carbonyl (C=O) groups excluding carboxylic acids is 1. The number of nitrogens with zero attached hydrogens (tertiary/aromatic N) is 2. The van der Waals surface area contributed by atoms with Crippen molar-refractivity contribution in [2.24, 2.45) is 4.99 Å². The summed E-state index contributed by atoms with van der Waals surface area (Å²) in [6.45, 7) is 5.19. The summed E-state index contributed by atoms with van der Waals surface area (Å²) in [5, 5.41) is 1.99. The molecule has 0 saturated carbocycles. The molecular weight excluding hydrogens is 577 g/mol. The summed E-state index contributed by atoms with van der Waals surface area (Å²) in [4.78, 5) is 30.5. The van der Waals surface area contributed by atoms with Gasteiger partial charge in [-0.3, -0.25) is 9.36 Å². The molecule has 0 N–H and O–H groups in total. The predicted octanol–water partition coefficient (Wildman–Crippen LogP) is 5.71. The molecule has 0 bridgehead atoms. The van der Waals surface area contributed by atoms with Crippen LogP contribution in [0.3, 0.4) is 0 Å². The third kappa shape index (κ3) is 5.45. The highest BCUT2D eigenvalue weighted by Gasteiger charge is 2.45. The molecule has 0 unspecified atom stereocenters. The van der Waals surface area contributed by atoms with Gasteiger partial charge < -0.3 is 9.47 Å². The molecule has 210 valence electrons. The van der Waals surface area contributed by atoms with Crippen molar-refractivity contribution in [1.82, 2.24) is 4.57 Å². The molecule has 1 aliphatic rings. The number of esters is 1. The minimum Gasteiger partial charge on any atom is -0.489 e. The lowest BCUT2D eigenvalue weighted by atomic mass is 9.95. The number of carbonyl (C=O) groups is 1. The summed E-state index contributed by atoms with van der Waals surface area (Å²) in [6.07, 6.45) is -1.84. The molecule has 0 aliphatic carbocycles. The van der Waals surface area contributed by atoms with Crippen LogP contribution in [0.15, 0.2) is 94.4 Å². The summed E-state index contributed by atoms with van der Waals surface area (Å²) in [5.41, 5.74) is -2.01. The van der Waals surface area contributed by atoms with Gasteiger partial charge in [-0.1, -0.05) is 78.1 Å². The molecule has 2 heterocycles. The van der Waals surface area contributed by atoms with Gasteiger partial charge in [-0.05, 0) is 47.5 Å². The first-order valence-corrected chi connectivity index (χ1v) is 13.6. The Morgan fingerprint density at radius 1 is 1.15 bits per heavy atom. The zero-order valence-corrected chi connectivity index (χ0v) is 23.1. The van der Waals surface area contributed by atoms with E-state index >= 15 is 0 Å². The SMILES string of the molecule is C=CCOc1ccc2ccccc2c1/C=c1\sc2n(c1=O)[C@@H](c1ccc(Cl)cc1)C(C(=O)OCC)=C(C(F)(F)F)N=2. The lowest BCUT2D eigenvalue weighted by Gasteiger charge is -2.26. The molecule has 1 aromatic heterocycles. The molecule has 0 amide bonds. The van der Waals surface area contributed by atoms with Crippen molar-refractivity contribution in [3.8, 4) is 5.75 Å². The van der Waals surface area contributed by atoms with E-state index in [0.717, 1.165) is 26.7 Å². The van der Waals surface area contributed by atoms with Crippen LogP contribution in [0.2, 0.25) is 5.02 Å². The average molecular weight is 599 g/mol. The van der Waals surface area contributed by atoms with E-state index in [-0.39, 0.29) is 28.1 Å². The van der Waals surface area contributed by atoms with E-state index in [1.54, 1.807) is 18.2 Å². The van der Waals surface area contributed by atoms with Gasteiger partial charge in [-0.25, -0.2) is 9.79 Å². The Balaban J connectivity index is 1.83. The van der Waals surface area contributed by atoms with Gasteiger partial charge in [0.1, 0.15) is 12.4 Å². The van der Waals surface area contributed by atoms with Crippen LogP contribution in [0, 0.1) is 0 Å². The monoisotopic (exact) mass is 598 g/mol. The molecule has 41 heavy (non-hydrogen) atoms. The van der Waals surface area contributed by atoms with Gasteiger partial charge in [-0.2, -0.15) is 13.2 Å². The second kappa shape index (κ2) is 11.4. The Morgan fingerprint density at radius 3 is 2.56 bits per heavy atom. The van der Waals surface area contributed by atoms with E-state index in [2.05, 4.69) is 11.6 Å². The molecule has 4 aromatic rings. The topological polar surface area (TPSA) is 69.9 Å². The molecule has 0 fully saturated rings. The molecule has 6 nitrogen and oxygen atoms in total. The molecule has 0 radical (unpaired) electrons. The van der Waals surface area contributed by atoms with Crippen molar-refractivity contribution in [1.29, 1.82) is 0 Å². The standard InChI is InChI=1S/C30H22ClF3N2O4S/c1-3-15-40-22-14-11-17-7-5-6-8-20(17)21(22)16-23-27(37)36-25(18-9-12-19(31)13-10-18)24(28(38)39-4-2)26(30(32,33)34)35-29(36)41-23/h3,5-14,16,25H,1,4,15H2,2H3/b23-16-/t25-/m0/s1. The maximum absolute atomic E-state index is 14.3. The number of aromatic nitrogens is 1. The normalized spacial score (nSPS) is 15.4. The number of rotatable bonds is 7. The highest BCUT2D eigenvalue weighted by molar-refractivity contribution is 7.07. The first-order chi connectivity index (χ1) is 19.6. The summed E-state index contributed by atoms with van der Waals surface area (Å²) >= 11 is 6.82. The van der Waals surface area contributed by atoms with Gasteiger partial charge in [0.05, 0.1) is 22.8 Å². The van der Waals surface area contributed by atoms with Crippen LogP contribution in [-0.2, 0) is 9.53 Å². The predicted molar refractivity (Wildman–Crippen MR) is 152 cm³/mol. The number of fused-ring (bicyclic) bond motifs is 2. The van der Waals surface area contributed by atoms with Crippen molar-refractivity contribution in [2.45, 2.75) is 19.1 Å². The van der Waals surface area contributed by atoms with Crippen LogP contribution in [0.5, 0.6) is 5.75 Å². The number of hydrogen-bond donors (Lipinski definition) is 0. The van der Waals surface area contributed by atoms with Crippen LogP contribution in [0.1, 0.15) is 24.1 Å². The van der Waals surface area contributed by atoms with Crippen molar-refractivity contribution in [2.75, 3.05) is 13.2 Å². The van der Waals surface area contributed by atoms with Gasteiger partial charge in [-0.15, -0.1) is 0 Å². The Hall–Kier alpha value is -4.15. The van der Waals surface area contributed by atoms with Crippen LogP contribution in [0.25, 0.3) is 16.8 Å². The number of alkyl halides is 3. The number of hydrogen-bond acceptors (Lipinski definition) is 6. The van der Waals surface area contributed by atoms with E-state index in [4.69, 9.17) is 21.1 Å². The number of halogens is 4. The van der Waals surface area contributed by atoms with E-state index in [1.165, 1.54) is 31.2 Å². The fraction of sp³-hybridized carbons (Fsp3) is 0.167. The van der Waals surface area contributed by atoms with E-state index in [9.17, 15) is 22.8 Å². The summed E-state index contributed by atoms with van der Waals surface area (Å²) in [6, 6.07) is 15.5. The second-order valence-corrected chi connectivity index (χ2v) is 10.4. The summed E-state index contributed by atoms with van der Waals surface area (Å²) in [7, 11) is 0. The first kappa shape index (κ1) is 28.4. The Bertz CT molecular complexity index is 1870. The smallest absolute Gasteiger partial charge is 0.434 e. The maximum atomic E-state index is 14.3. The average Bonchev–Trinajstić information content (AvgIpc) is 3.26. The maximum Gasteiger partial charge on any atom is 0.434 e. The molecule has 3 aromatic carbocycles. The molecule has 1 atom stereocenters. The zero-order valence-electron chi connectivity index (χ0n) is 21.6. The first-order valence-electron chi connectivity index (χ1n) is 12.4. The summed E-state index contributed by atoms with van der Waals surface area (Å²) in [5.74, 6) is -0.751. The van der Waals surface area contributed by atoms with Gasteiger partial charge in [0, 0.05) is 10.6 Å². The Labute approximate surface area is 240 Å². The van der Waals surface area contributed by atoms with E-state index in [1.807, 2.05) is 30.3 Å². The molecule has 1 aliphatic heterocycles. The van der Waals surface area contributed by atoms with E-state index in [0.29, 0.717) is 16.3 Å². The summed E-state index contributed by atoms with van der Waals surface area (Å²) < 4.78 is 55.1. The fourth-order valence-electron chi connectivity index (χ4n) is 4.63. The largest absolute Gasteiger partial charge is 0.489 e.